The minimum Gasteiger partial charge on any atom is -0.507 e. The number of nitrogens with two attached hydrogens (primary N) is 1. The second-order valence-electron chi connectivity index (χ2n) is 5.07. The summed E-state index contributed by atoms with van der Waals surface area (Å²) < 4.78 is 0. The number of hydrogen-bond acceptors (Lipinski definition) is 3. The van der Waals surface area contributed by atoms with E-state index < -0.39 is 5.91 Å². The number of aliphatic imine (C=N–C) groups is 1. The molecule has 0 aliphatic heterocycles. The van der Waals surface area contributed by atoms with E-state index in [1.54, 1.807) is 43.3 Å². The third-order valence-electron chi connectivity index (χ3n) is 3.27. The van der Waals surface area contributed by atoms with Gasteiger partial charge in [0.25, 0.3) is 0 Å². The molecule has 0 radical (unpaired) electrons. The van der Waals surface area contributed by atoms with Gasteiger partial charge in [-0.2, -0.15) is 0 Å². The maximum atomic E-state index is 10.9. The second-order valence-corrected chi connectivity index (χ2v) is 5.95. The van der Waals surface area contributed by atoms with Crippen LogP contribution in [0, 0.1) is 6.92 Å². The summed E-state index contributed by atoms with van der Waals surface area (Å²) in [7, 11) is 0. The van der Waals surface area contributed by atoms with Crippen LogP contribution in [-0.2, 0) is 4.79 Å². The summed E-state index contributed by atoms with van der Waals surface area (Å²) in [4.78, 5) is 15.4. The molecule has 0 saturated heterocycles. The van der Waals surface area contributed by atoms with E-state index in [9.17, 15) is 9.90 Å². The molecule has 0 atom stereocenters. The molecule has 6 heteroatoms. The molecule has 1 amide bonds. The van der Waals surface area contributed by atoms with Gasteiger partial charge < -0.3 is 10.8 Å². The zero-order valence-electron chi connectivity index (χ0n) is 12.5. The number of halogens is 2. The first-order chi connectivity index (χ1) is 10.9. The summed E-state index contributed by atoms with van der Waals surface area (Å²) >= 11 is 12.0. The standard InChI is InChI=1S/C17H16Cl2N2O2/c1-10-8-13(19)9-14(17(10)23)16(21-7-6-15(20)22)11-2-4-12(18)5-3-11/h2-5,8-9,23H,6-7H2,1H3,(H2,20,22). The Hall–Kier alpha value is -2.04. The number of benzene rings is 2. The first kappa shape index (κ1) is 17.3. The monoisotopic (exact) mass is 350 g/mol. The van der Waals surface area contributed by atoms with Crippen molar-refractivity contribution in [1.29, 1.82) is 0 Å². The smallest absolute Gasteiger partial charge is 0.219 e. The van der Waals surface area contributed by atoms with Crippen molar-refractivity contribution in [3.63, 3.8) is 0 Å². The van der Waals surface area contributed by atoms with E-state index in [2.05, 4.69) is 4.99 Å². The molecule has 3 N–H and O–H groups in total. The summed E-state index contributed by atoms with van der Waals surface area (Å²) in [5, 5.41) is 11.4. The maximum absolute atomic E-state index is 10.9. The van der Waals surface area contributed by atoms with Gasteiger partial charge in [0, 0.05) is 34.1 Å². The van der Waals surface area contributed by atoms with Crippen molar-refractivity contribution in [2.24, 2.45) is 10.7 Å². The van der Waals surface area contributed by atoms with Crippen LogP contribution in [0.3, 0.4) is 0 Å². The summed E-state index contributed by atoms with van der Waals surface area (Å²) in [6, 6.07) is 10.4. The minimum absolute atomic E-state index is 0.0992. The third kappa shape index (κ3) is 4.47. The highest BCUT2D eigenvalue weighted by Gasteiger charge is 2.15. The number of carbonyl (C=O) groups excluding carboxylic acids is 1. The van der Waals surface area contributed by atoms with E-state index in [0.29, 0.717) is 26.9 Å². The van der Waals surface area contributed by atoms with Crippen LogP contribution in [0.1, 0.15) is 23.1 Å². The summed E-state index contributed by atoms with van der Waals surface area (Å²) in [6.07, 6.45) is 0.122. The molecule has 2 rings (SSSR count). The van der Waals surface area contributed by atoms with Crippen molar-refractivity contribution >= 4 is 34.8 Å². The number of aromatic hydroxyl groups is 1. The van der Waals surface area contributed by atoms with Crippen LogP contribution in [-0.4, -0.2) is 23.3 Å². The molecule has 0 aliphatic carbocycles. The second kappa shape index (κ2) is 7.49. The quantitative estimate of drug-likeness (QED) is 0.806. The lowest BCUT2D eigenvalue weighted by Crippen LogP contribution is -2.13. The Morgan fingerprint density at radius 3 is 2.43 bits per heavy atom. The zero-order chi connectivity index (χ0) is 17.0. The Bertz CT molecular complexity index is 756. The minimum atomic E-state index is -0.435. The molecule has 0 aliphatic rings. The number of primary amides is 1. The molecule has 2 aromatic rings. The Kier molecular flexibility index (Phi) is 5.64. The molecule has 0 bridgehead atoms. The fraction of sp³-hybridized carbons (Fsp3) is 0.176. The SMILES string of the molecule is Cc1cc(Cl)cc(C(=NCCC(N)=O)c2ccc(Cl)cc2)c1O. The van der Waals surface area contributed by atoms with Crippen LogP contribution < -0.4 is 5.73 Å². The Morgan fingerprint density at radius 2 is 1.83 bits per heavy atom. The lowest BCUT2D eigenvalue weighted by molar-refractivity contribution is -0.117. The van der Waals surface area contributed by atoms with Gasteiger partial charge in [0.05, 0.1) is 5.71 Å². The van der Waals surface area contributed by atoms with Gasteiger partial charge in [0.2, 0.25) is 5.91 Å². The Morgan fingerprint density at radius 1 is 1.17 bits per heavy atom. The third-order valence-corrected chi connectivity index (χ3v) is 3.74. The van der Waals surface area contributed by atoms with Crippen molar-refractivity contribution in [1.82, 2.24) is 0 Å². The number of hydrogen-bond donors (Lipinski definition) is 2. The molecule has 4 nitrogen and oxygen atoms in total. The van der Waals surface area contributed by atoms with E-state index in [1.165, 1.54) is 0 Å². The van der Waals surface area contributed by atoms with Gasteiger partial charge in [-0.15, -0.1) is 0 Å². The predicted octanol–water partition coefficient (Wildman–Crippen LogP) is 3.72. The fourth-order valence-corrected chi connectivity index (χ4v) is 2.53. The molecular formula is C17H16Cl2N2O2. The van der Waals surface area contributed by atoms with Crippen LogP contribution in [0.5, 0.6) is 5.75 Å². The van der Waals surface area contributed by atoms with Crippen molar-refractivity contribution in [2.45, 2.75) is 13.3 Å². The number of nitrogens with zero attached hydrogens (tertiary/aromatic N) is 1. The van der Waals surface area contributed by atoms with Crippen LogP contribution >= 0.6 is 23.2 Å². The normalized spacial score (nSPS) is 11.5. The largest absolute Gasteiger partial charge is 0.507 e. The number of aryl methyl sites for hydroxylation is 1. The van der Waals surface area contributed by atoms with Crippen LogP contribution in [0.4, 0.5) is 0 Å². The highest BCUT2D eigenvalue weighted by molar-refractivity contribution is 6.32. The molecule has 0 aromatic heterocycles. The number of amides is 1. The molecule has 0 fully saturated rings. The van der Waals surface area contributed by atoms with Crippen LogP contribution in [0.2, 0.25) is 10.0 Å². The lowest BCUT2D eigenvalue weighted by atomic mass is 9.99. The topological polar surface area (TPSA) is 75.7 Å². The van der Waals surface area contributed by atoms with Crippen molar-refractivity contribution < 1.29 is 9.90 Å². The molecule has 2 aromatic carbocycles. The molecule has 0 unspecified atom stereocenters. The van der Waals surface area contributed by atoms with Crippen LogP contribution in [0.15, 0.2) is 41.4 Å². The summed E-state index contributed by atoms with van der Waals surface area (Å²) in [5.74, 6) is -0.335. The lowest BCUT2D eigenvalue weighted by Gasteiger charge is -2.12. The van der Waals surface area contributed by atoms with Gasteiger partial charge in [-0.1, -0.05) is 35.3 Å². The molecular weight excluding hydrogens is 335 g/mol. The van der Waals surface area contributed by atoms with Gasteiger partial charge in [-0.05, 0) is 36.8 Å². The maximum Gasteiger partial charge on any atom is 0.219 e. The number of phenols is 1. The van der Waals surface area contributed by atoms with Gasteiger partial charge in [-0.25, -0.2) is 0 Å². The van der Waals surface area contributed by atoms with E-state index in [-0.39, 0.29) is 18.7 Å². The van der Waals surface area contributed by atoms with Gasteiger partial charge >= 0.3 is 0 Å². The average Bonchev–Trinajstić information content (AvgIpc) is 2.49. The van der Waals surface area contributed by atoms with Gasteiger partial charge in [0.15, 0.2) is 0 Å². The van der Waals surface area contributed by atoms with Crippen molar-refractivity contribution in [3.8, 4) is 5.75 Å². The Labute approximate surface area is 144 Å². The molecule has 23 heavy (non-hydrogen) atoms. The number of phenolic OH excluding ortho intramolecular Hbond substituents is 1. The molecule has 0 spiro atoms. The molecule has 0 heterocycles. The van der Waals surface area contributed by atoms with Gasteiger partial charge in [0.1, 0.15) is 5.75 Å². The first-order valence-corrected chi connectivity index (χ1v) is 7.72. The number of carbonyl (C=O) groups is 1. The van der Waals surface area contributed by atoms with E-state index in [0.717, 1.165) is 5.56 Å². The average molecular weight is 351 g/mol. The summed E-state index contributed by atoms with van der Waals surface area (Å²) in [5.41, 5.74) is 7.60. The molecule has 0 saturated carbocycles. The van der Waals surface area contributed by atoms with Crippen molar-refractivity contribution in [2.75, 3.05) is 6.54 Å². The summed E-state index contributed by atoms with van der Waals surface area (Å²) in [6.45, 7) is 1.98. The van der Waals surface area contributed by atoms with Gasteiger partial charge in [-0.3, -0.25) is 9.79 Å². The van der Waals surface area contributed by atoms with E-state index in [4.69, 9.17) is 28.9 Å². The fourth-order valence-electron chi connectivity index (χ4n) is 2.13. The highest BCUT2D eigenvalue weighted by atomic mass is 35.5. The van der Waals surface area contributed by atoms with Crippen LogP contribution in [0.25, 0.3) is 0 Å². The molecule has 120 valence electrons. The predicted molar refractivity (Wildman–Crippen MR) is 93.6 cm³/mol. The zero-order valence-corrected chi connectivity index (χ0v) is 14.0. The van der Waals surface area contributed by atoms with E-state index >= 15 is 0 Å². The first-order valence-electron chi connectivity index (χ1n) is 6.96. The number of rotatable bonds is 5. The van der Waals surface area contributed by atoms with E-state index in [1.807, 2.05) is 0 Å². The van der Waals surface area contributed by atoms with Crippen molar-refractivity contribution in [3.05, 3.63) is 63.1 Å². The Balaban J connectivity index is 2.53. The highest BCUT2D eigenvalue weighted by Crippen LogP contribution is 2.29.